The number of aromatic carboxylic acids is 1. The normalized spacial score (nSPS) is 10.9. The van der Waals surface area contributed by atoms with Crippen molar-refractivity contribution in [3.8, 4) is 5.75 Å². The van der Waals surface area contributed by atoms with Gasteiger partial charge in [-0.25, -0.2) is 18.2 Å². The fourth-order valence-corrected chi connectivity index (χ4v) is 2.75. The third kappa shape index (κ3) is 3.26. The number of hydrogen-bond donors (Lipinski definition) is 2. The highest BCUT2D eigenvalue weighted by Gasteiger charge is 2.22. The van der Waals surface area contributed by atoms with Crippen LogP contribution in [0, 0.1) is 0 Å². The van der Waals surface area contributed by atoms with E-state index in [2.05, 4.69) is 14.7 Å². The zero-order valence-corrected chi connectivity index (χ0v) is 11.7. The smallest absolute Gasteiger partial charge is 0.335 e. The first-order chi connectivity index (χ1) is 9.94. The third-order valence-corrected chi connectivity index (χ3v) is 3.88. The minimum absolute atomic E-state index is 0.0141. The molecule has 110 valence electrons. The van der Waals surface area contributed by atoms with Gasteiger partial charge in [0.05, 0.1) is 18.9 Å². The number of ether oxygens (including phenoxy) is 1. The minimum atomic E-state index is -4.05. The predicted octanol–water partition coefficient (Wildman–Crippen LogP) is 0.984. The summed E-state index contributed by atoms with van der Waals surface area (Å²) in [6, 6.07) is 3.54. The van der Waals surface area contributed by atoms with Crippen LogP contribution < -0.4 is 9.46 Å². The van der Waals surface area contributed by atoms with Crippen molar-refractivity contribution in [1.29, 1.82) is 0 Å². The number of anilines is 1. The number of methoxy groups -OCH3 is 1. The van der Waals surface area contributed by atoms with Crippen molar-refractivity contribution in [2.24, 2.45) is 0 Å². The standard InChI is InChI=1S/C12H11N3O5S/c1-20-9-3-2-8(12(16)17)6-10(9)21(18,19)15-11-7-13-4-5-14-11/h2-7H,1H3,(H,14,15)(H,16,17). The maximum absolute atomic E-state index is 12.3. The van der Waals surface area contributed by atoms with Crippen LogP contribution in [-0.4, -0.2) is 36.6 Å². The summed E-state index contributed by atoms with van der Waals surface area (Å²) in [5, 5.41) is 8.95. The molecule has 0 atom stereocenters. The molecule has 0 bridgehead atoms. The summed E-state index contributed by atoms with van der Waals surface area (Å²) in [5.41, 5.74) is -0.171. The van der Waals surface area contributed by atoms with Crippen molar-refractivity contribution in [2.75, 3.05) is 11.8 Å². The van der Waals surface area contributed by atoms with Crippen molar-refractivity contribution >= 4 is 21.8 Å². The molecule has 0 saturated heterocycles. The largest absolute Gasteiger partial charge is 0.495 e. The minimum Gasteiger partial charge on any atom is -0.495 e. The van der Waals surface area contributed by atoms with E-state index in [0.717, 1.165) is 6.07 Å². The Morgan fingerprint density at radius 2 is 2.10 bits per heavy atom. The Labute approximate surface area is 120 Å². The van der Waals surface area contributed by atoms with Gasteiger partial charge in [-0.3, -0.25) is 9.71 Å². The quantitative estimate of drug-likeness (QED) is 0.845. The molecule has 0 aliphatic carbocycles. The molecule has 9 heteroatoms. The van der Waals surface area contributed by atoms with Gasteiger partial charge in [0, 0.05) is 12.4 Å². The fraction of sp³-hybridized carbons (Fsp3) is 0.0833. The maximum Gasteiger partial charge on any atom is 0.335 e. The number of benzene rings is 1. The maximum atomic E-state index is 12.3. The van der Waals surface area contributed by atoms with E-state index in [-0.39, 0.29) is 22.0 Å². The van der Waals surface area contributed by atoms with Crippen LogP contribution >= 0.6 is 0 Å². The molecule has 0 aliphatic heterocycles. The Bertz CT molecular complexity index is 762. The first-order valence-electron chi connectivity index (χ1n) is 5.64. The van der Waals surface area contributed by atoms with Gasteiger partial charge in [0.2, 0.25) is 0 Å². The lowest BCUT2D eigenvalue weighted by Crippen LogP contribution is -2.16. The molecule has 21 heavy (non-hydrogen) atoms. The Morgan fingerprint density at radius 3 is 2.67 bits per heavy atom. The molecule has 0 amide bonds. The van der Waals surface area contributed by atoms with Crippen LogP contribution in [0.15, 0.2) is 41.7 Å². The molecule has 0 spiro atoms. The van der Waals surface area contributed by atoms with Crippen LogP contribution in [0.3, 0.4) is 0 Å². The van der Waals surface area contributed by atoms with Gasteiger partial charge in [-0.15, -0.1) is 0 Å². The number of rotatable bonds is 5. The van der Waals surface area contributed by atoms with Crippen LogP contribution in [0.5, 0.6) is 5.75 Å². The van der Waals surface area contributed by atoms with E-state index in [0.29, 0.717) is 0 Å². The molecule has 0 radical (unpaired) electrons. The van der Waals surface area contributed by atoms with Crippen molar-refractivity contribution in [3.05, 3.63) is 42.4 Å². The Kier molecular flexibility index (Phi) is 4.03. The van der Waals surface area contributed by atoms with Gasteiger partial charge in [0.25, 0.3) is 10.0 Å². The SMILES string of the molecule is COc1ccc(C(=O)O)cc1S(=O)(=O)Nc1cnccn1. The number of nitrogens with zero attached hydrogens (tertiary/aromatic N) is 2. The Hall–Kier alpha value is -2.68. The number of hydrogen-bond acceptors (Lipinski definition) is 6. The monoisotopic (exact) mass is 309 g/mol. The van der Waals surface area contributed by atoms with E-state index in [4.69, 9.17) is 9.84 Å². The number of carbonyl (C=O) groups is 1. The number of nitrogens with one attached hydrogen (secondary N) is 1. The molecule has 2 N–H and O–H groups in total. The zero-order chi connectivity index (χ0) is 15.5. The van der Waals surface area contributed by atoms with E-state index in [9.17, 15) is 13.2 Å². The van der Waals surface area contributed by atoms with Crippen LogP contribution in [0.2, 0.25) is 0 Å². The highest BCUT2D eigenvalue weighted by Crippen LogP contribution is 2.26. The summed E-state index contributed by atoms with van der Waals surface area (Å²) in [5.74, 6) is -1.20. The topological polar surface area (TPSA) is 118 Å². The highest BCUT2D eigenvalue weighted by atomic mass is 32.2. The number of carboxylic acid groups (broad SMARTS) is 1. The molecule has 1 aromatic heterocycles. The number of carboxylic acids is 1. The first-order valence-corrected chi connectivity index (χ1v) is 7.12. The second-order valence-electron chi connectivity index (χ2n) is 3.87. The molecule has 8 nitrogen and oxygen atoms in total. The molecule has 1 aromatic carbocycles. The second kappa shape index (κ2) is 5.75. The summed E-state index contributed by atoms with van der Waals surface area (Å²) in [6.07, 6.45) is 3.94. The molecule has 2 aromatic rings. The molecule has 0 aliphatic rings. The Balaban J connectivity index is 2.48. The van der Waals surface area contributed by atoms with Crippen LogP contribution in [0.4, 0.5) is 5.82 Å². The van der Waals surface area contributed by atoms with E-state index in [1.165, 1.54) is 37.8 Å². The lowest BCUT2D eigenvalue weighted by molar-refractivity contribution is 0.0696. The number of aromatic nitrogens is 2. The molecular formula is C12H11N3O5S. The lowest BCUT2D eigenvalue weighted by Gasteiger charge is -2.11. The van der Waals surface area contributed by atoms with E-state index >= 15 is 0 Å². The molecule has 1 heterocycles. The summed E-state index contributed by atoms with van der Waals surface area (Å²) >= 11 is 0. The van der Waals surface area contributed by atoms with Gasteiger partial charge in [-0.2, -0.15) is 0 Å². The Morgan fingerprint density at radius 1 is 1.33 bits per heavy atom. The van der Waals surface area contributed by atoms with Crippen molar-refractivity contribution < 1.29 is 23.1 Å². The molecule has 0 saturated carbocycles. The van der Waals surface area contributed by atoms with Crippen molar-refractivity contribution in [3.63, 3.8) is 0 Å². The summed E-state index contributed by atoms with van der Waals surface area (Å²) < 4.78 is 31.8. The van der Waals surface area contributed by atoms with Crippen LogP contribution in [-0.2, 0) is 10.0 Å². The van der Waals surface area contributed by atoms with Crippen LogP contribution in [0.1, 0.15) is 10.4 Å². The molecular weight excluding hydrogens is 298 g/mol. The average molecular weight is 309 g/mol. The van der Waals surface area contributed by atoms with E-state index < -0.39 is 16.0 Å². The fourth-order valence-electron chi connectivity index (χ4n) is 1.56. The molecule has 0 unspecified atom stereocenters. The highest BCUT2D eigenvalue weighted by molar-refractivity contribution is 7.92. The lowest BCUT2D eigenvalue weighted by atomic mass is 10.2. The van der Waals surface area contributed by atoms with Crippen molar-refractivity contribution in [2.45, 2.75) is 4.90 Å². The van der Waals surface area contributed by atoms with Gasteiger partial charge in [-0.1, -0.05) is 0 Å². The number of sulfonamides is 1. The van der Waals surface area contributed by atoms with Gasteiger partial charge < -0.3 is 9.84 Å². The van der Waals surface area contributed by atoms with Gasteiger partial charge >= 0.3 is 5.97 Å². The zero-order valence-electron chi connectivity index (χ0n) is 10.8. The summed E-state index contributed by atoms with van der Waals surface area (Å²) in [7, 11) is -2.76. The first kappa shape index (κ1) is 14.7. The summed E-state index contributed by atoms with van der Waals surface area (Å²) in [4.78, 5) is 18.2. The molecule has 2 rings (SSSR count). The third-order valence-electron chi connectivity index (χ3n) is 2.50. The van der Waals surface area contributed by atoms with E-state index in [1.807, 2.05) is 0 Å². The predicted molar refractivity (Wildman–Crippen MR) is 72.8 cm³/mol. The second-order valence-corrected chi connectivity index (χ2v) is 5.52. The van der Waals surface area contributed by atoms with E-state index in [1.54, 1.807) is 0 Å². The van der Waals surface area contributed by atoms with Crippen molar-refractivity contribution in [1.82, 2.24) is 9.97 Å². The van der Waals surface area contributed by atoms with Gasteiger partial charge in [-0.05, 0) is 18.2 Å². The van der Waals surface area contributed by atoms with Gasteiger partial charge in [0.15, 0.2) is 5.82 Å². The van der Waals surface area contributed by atoms with Gasteiger partial charge in [0.1, 0.15) is 10.6 Å². The van der Waals surface area contributed by atoms with Crippen LogP contribution in [0.25, 0.3) is 0 Å². The molecule has 0 fully saturated rings. The summed E-state index contributed by atoms with van der Waals surface area (Å²) in [6.45, 7) is 0. The average Bonchev–Trinajstić information content (AvgIpc) is 2.47.